The lowest BCUT2D eigenvalue weighted by Gasteiger charge is -2.11. The Morgan fingerprint density at radius 3 is 2.52 bits per heavy atom. The van der Waals surface area contributed by atoms with Crippen molar-refractivity contribution in [3.05, 3.63) is 95.5 Å². The van der Waals surface area contributed by atoms with Gasteiger partial charge < -0.3 is 4.74 Å². The van der Waals surface area contributed by atoms with Crippen LogP contribution in [-0.4, -0.2) is 19.7 Å². The van der Waals surface area contributed by atoms with E-state index in [1.165, 1.54) is 10.8 Å². The van der Waals surface area contributed by atoms with Gasteiger partial charge in [0.25, 0.3) is 0 Å². The van der Waals surface area contributed by atoms with Gasteiger partial charge in [0, 0.05) is 5.69 Å². The van der Waals surface area contributed by atoms with Crippen LogP contribution in [0.15, 0.2) is 84.0 Å². The van der Waals surface area contributed by atoms with Crippen LogP contribution < -0.4 is 4.74 Å². The lowest BCUT2D eigenvalue weighted by Crippen LogP contribution is -2.07. The Balaban J connectivity index is 1.41. The number of fused-ring (bicyclic) bond motifs is 1. The number of para-hydroxylation sites is 3. The number of benzene rings is 3. The third kappa shape index (κ3) is 4.30. The van der Waals surface area contributed by atoms with Crippen LogP contribution in [0.25, 0.3) is 15.9 Å². The highest BCUT2D eigenvalue weighted by molar-refractivity contribution is 7.98. The predicted molar refractivity (Wildman–Crippen MR) is 121 cm³/mol. The second kappa shape index (κ2) is 8.87. The number of ether oxygens (including phenoxy) is 1. The molecule has 0 saturated heterocycles. The molecular weight excluding hydrogens is 431 g/mol. The molecule has 2 heterocycles. The number of halogens is 1. The molecule has 0 spiro atoms. The quantitative estimate of drug-likeness (QED) is 0.291. The van der Waals surface area contributed by atoms with Crippen LogP contribution >= 0.6 is 23.1 Å². The second-order valence-corrected chi connectivity index (χ2v) is 8.71. The zero-order valence-electron chi connectivity index (χ0n) is 16.3. The Morgan fingerprint density at radius 2 is 1.68 bits per heavy atom. The van der Waals surface area contributed by atoms with Crippen LogP contribution in [0.4, 0.5) is 4.39 Å². The maximum Gasteiger partial charge on any atom is 0.196 e. The first kappa shape index (κ1) is 19.7. The van der Waals surface area contributed by atoms with Crippen molar-refractivity contribution < 1.29 is 9.13 Å². The zero-order valence-corrected chi connectivity index (χ0v) is 17.9. The number of hydrogen-bond donors (Lipinski definition) is 0. The molecule has 0 saturated carbocycles. The van der Waals surface area contributed by atoms with Gasteiger partial charge >= 0.3 is 0 Å². The van der Waals surface area contributed by atoms with E-state index in [9.17, 15) is 4.39 Å². The first-order valence-corrected chi connectivity index (χ1v) is 11.4. The molecule has 3 aromatic carbocycles. The molecule has 5 nitrogen and oxygen atoms in total. The Labute approximate surface area is 186 Å². The average Bonchev–Trinajstić information content (AvgIpc) is 3.41. The summed E-state index contributed by atoms with van der Waals surface area (Å²) >= 11 is 3.24. The summed E-state index contributed by atoms with van der Waals surface area (Å²) in [7, 11) is 0. The molecular formula is C23H17FN4OS2. The van der Waals surface area contributed by atoms with Crippen molar-refractivity contribution in [3.63, 3.8) is 0 Å². The minimum atomic E-state index is -0.404. The Hall–Kier alpha value is -3.23. The third-order valence-corrected chi connectivity index (χ3v) is 6.73. The van der Waals surface area contributed by atoms with E-state index in [-0.39, 0.29) is 12.4 Å². The highest BCUT2D eigenvalue weighted by Crippen LogP contribution is 2.30. The van der Waals surface area contributed by atoms with E-state index in [0.717, 1.165) is 21.4 Å². The normalized spacial score (nSPS) is 11.1. The molecule has 5 rings (SSSR count). The Bertz CT molecular complexity index is 1290. The molecule has 0 aliphatic rings. The standard InChI is InChI=1S/C23H17FN4OS2/c24-17-10-4-6-12-19(17)29-14-21-26-27-23(28(21)16-8-2-1-3-9-16)30-15-22-25-18-11-5-7-13-20(18)31-22/h1-13H,14-15H2. The van der Waals surface area contributed by atoms with Crippen molar-refractivity contribution in [1.29, 1.82) is 0 Å². The minimum absolute atomic E-state index is 0.102. The summed E-state index contributed by atoms with van der Waals surface area (Å²) in [5.41, 5.74) is 1.93. The Kier molecular flexibility index (Phi) is 5.64. The van der Waals surface area contributed by atoms with Crippen molar-refractivity contribution in [2.45, 2.75) is 17.5 Å². The molecule has 0 aliphatic heterocycles. The van der Waals surface area contributed by atoms with Crippen molar-refractivity contribution in [1.82, 2.24) is 19.7 Å². The van der Waals surface area contributed by atoms with Gasteiger partial charge in [-0.2, -0.15) is 0 Å². The first-order valence-electron chi connectivity index (χ1n) is 9.62. The van der Waals surface area contributed by atoms with E-state index in [4.69, 9.17) is 9.72 Å². The minimum Gasteiger partial charge on any atom is -0.483 e. The third-order valence-electron chi connectivity index (χ3n) is 4.57. The van der Waals surface area contributed by atoms with Gasteiger partial charge in [0.1, 0.15) is 11.6 Å². The van der Waals surface area contributed by atoms with Crippen LogP contribution in [0.3, 0.4) is 0 Å². The van der Waals surface area contributed by atoms with Gasteiger partial charge in [0.2, 0.25) is 0 Å². The summed E-state index contributed by atoms with van der Waals surface area (Å²) in [6.45, 7) is 0.102. The van der Waals surface area contributed by atoms with E-state index >= 15 is 0 Å². The average molecular weight is 449 g/mol. The fraction of sp³-hybridized carbons (Fsp3) is 0.0870. The number of rotatable bonds is 7. The van der Waals surface area contributed by atoms with E-state index in [0.29, 0.717) is 11.6 Å². The van der Waals surface area contributed by atoms with Gasteiger partial charge in [-0.05, 0) is 36.4 Å². The summed E-state index contributed by atoms with van der Waals surface area (Å²) in [4.78, 5) is 4.70. The van der Waals surface area contributed by atoms with Crippen molar-refractivity contribution >= 4 is 33.3 Å². The summed E-state index contributed by atoms with van der Waals surface area (Å²) in [6.07, 6.45) is 0. The molecule has 154 valence electrons. The van der Waals surface area contributed by atoms with Crippen molar-refractivity contribution in [2.75, 3.05) is 0 Å². The van der Waals surface area contributed by atoms with Crippen LogP contribution in [0.1, 0.15) is 10.8 Å². The summed E-state index contributed by atoms with van der Waals surface area (Å²) < 4.78 is 22.7. The molecule has 0 aliphatic carbocycles. The van der Waals surface area contributed by atoms with E-state index < -0.39 is 5.82 Å². The number of thioether (sulfide) groups is 1. The predicted octanol–water partition coefficient (Wildman–Crippen LogP) is 5.89. The Morgan fingerprint density at radius 1 is 0.903 bits per heavy atom. The molecule has 0 bridgehead atoms. The molecule has 0 unspecified atom stereocenters. The smallest absolute Gasteiger partial charge is 0.196 e. The van der Waals surface area contributed by atoms with Crippen LogP contribution in [-0.2, 0) is 12.4 Å². The molecule has 0 radical (unpaired) electrons. The molecule has 5 aromatic rings. The maximum atomic E-state index is 13.9. The maximum absolute atomic E-state index is 13.9. The van der Waals surface area contributed by atoms with E-state index in [1.807, 2.05) is 53.1 Å². The van der Waals surface area contributed by atoms with Gasteiger partial charge in [-0.3, -0.25) is 4.57 Å². The molecule has 31 heavy (non-hydrogen) atoms. The lowest BCUT2D eigenvalue weighted by molar-refractivity contribution is 0.278. The zero-order chi connectivity index (χ0) is 21.0. The highest BCUT2D eigenvalue weighted by Gasteiger charge is 2.16. The van der Waals surface area contributed by atoms with E-state index in [1.54, 1.807) is 41.3 Å². The number of hydrogen-bond acceptors (Lipinski definition) is 6. The van der Waals surface area contributed by atoms with E-state index in [2.05, 4.69) is 16.3 Å². The monoisotopic (exact) mass is 448 g/mol. The summed E-state index contributed by atoms with van der Waals surface area (Å²) in [6, 6.07) is 24.3. The van der Waals surface area contributed by atoms with Crippen LogP contribution in [0, 0.1) is 5.82 Å². The first-order chi connectivity index (χ1) is 15.3. The second-order valence-electron chi connectivity index (χ2n) is 6.65. The van der Waals surface area contributed by atoms with Gasteiger partial charge in [0.05, 0.1) is 16.0 Å². The SMILES string of the molecule is Fc1ccccc1OCc1nnc(SCc2nc3ccccc3s2)n1-c1ccccc1. The molecule has 0 fully saturated rings. The van der Waals surface area contributed by atoms with Gasteiger partial charge in [-0.15, -0.1) is 21.5 Å². The molecule has 0 N–H and O–H groups in total. The largest absolute Gasteiger partial charge is 0.483 e. The van der Waals surface area contributed by atoms with Crippen molar-refractivity contribution in [2.24, 2.45) is 0 Å². The molecule has 0 atom stereocenters. The van der Waals surface area contributed by atoms with Gasteiger partial charge in [0.15, 0.2) is 22.5 Å². The topological polar surface area (TPSA) is 52.8 Å². The van der Waals surface area contributed by atoms with Crippen LogP contribution in [0.2, 0.25) is 0 Å². The van der Waals surface area contributed by atoms with Crippen molar-refractivity contribution in [3.8, 4) is 11.4 Å². The van der Waals surface area contributed by atoms with Crippen LogP contribution in [0.5, 0.6) is 5.75 Å². The fourth-order valence-electron chi connectivity index (χ4n) is 3.14. The highest BCUT2D eigenvalue weighted by atomic mass is 32.2. The summed E-state index contributed by atoms with van der Waals surface area (Å²) in [5.74, 6) is 1.06. The molecule has 8 heteroatoms. The number of thiazole rings is 1. The number of nitrogens with zero attached hydrogens (tertiary/aromatic N) is 4. The van der Waals surface area contributed by atoms with Gasteiger partial charge in [-0.25, -0.2) is 9.37 Å². The summed E-state index contributed by atoms with van der Waals surface area (Å²) in [5, 5.41) is 10.5. The molecule has 2 aromatic heterocycles. The molecule has 0 amide bonds. The number of aromatic nitrogens is 4. The van der Waals surface area contributed by atoms with Gasteiger partial charge in [-0.1, -0.05) is 54.2 Å². The fourth-order valence-corrected chi connectivity index (χ4v) is 5.07. The lowest BCUT2D eigenvalue weighted by atomic mass is 10.3.